The molecule has 1 unspecified atom stereocenters. The van der Waals surface area contributed by atoms with Gasteiger partial charge in [0.25, 0.3) is 0 Å². The molecular weight excluding hydrogens is 454 g/mol. The van der Waals surface area contributed by atoms with Crippen LogP contribution in [0, 0.1) is 17.2 Å². The average molecular weight is 498 g/mol. The Hall–Kier alpha value is -2.75. The topological polar surface area (TPSA) is 91.7 Å². The van der Waals surface area contributed by atoms with E-state index in [1.54, 1.807) is 20.3 Å². The van der Waals surface area contributed by atoms with Crippen LogP contribution < -0.4 is 14.8 Å². The molecule has 0 aliphatic heterocycles. The molecule has 1 atom stereocenters. The van der Waals surface area contributed by atoms with Gasteiger partial charge in [-0.3, -0.25) is 9.69 Å². The number of benzene rings is 1. The maximum Gasteiger partial charge on any atom is 0.324 e. The number of amides is 3. The molecule has 1 aromatic rings. The first kappa shape index (κ1) is 27.8. The number of nitriles is 1. The van der Waals surface area contributed by atoms with Crippen LogP contribution in [0.5, 0.6) is 11.5 Å². The molecule has 0 heterocycles. The lowest BCUT2D eigenvalue weighted by Crippen LogP contribution is -2.53. The summed E-state index contributed by atoms with van der Waals surface area (Å²) in [6.07, 6.45) is 10.8. The molecule has 1 aromatic carbocycles. The number of rotatable bonds is 9. The van der Waals surface area contributed by atoms with Gasteiger partial charge in [-0.1, -0.05) is 58.4 Å². The quantitative estimate of drug-likeness (QED) is 0.445. The molecule has 198 valence electrons. The monoisotopic (exact) mass is 497 g/mol. The van der Waals surface area contributed by atoms with Gasteiger partial charge in [-0.05, 0) is 55.7 Å². The highest BCUT2D eigenvalue weighted by Gasteiger charge is 2.39. The third-order valence-corrected chi connectivity index (χ3v) is 8.18. The van der Waals surface area contributed by atoms with E-state index in [0.29, 0.717) is 17.9 Å². The number of ether oxygens (including phenoxy) is 2. The second kappa shape index (κ2) is 13.0. The smallest absolute Gasteiger partial charge is 0.324 e. The number of carbonyl (C=O) groups is 2. The fourth-order valence-corrected chi connectivity index (χ4v) is 5.87. The van der Waals surface area contributed by atoms with Crippen molar-refractivity contribution in [3.63, 3.8) is 0 Å². The minimum atomic E-state index is -0.896. The Morgan fingerprint density at radius 3 is 2.19 bits per heavy atom. The summed E-state index contributed by atoms with van der Waals surface area (Å²) < 4.78 is 10.9. The van der Waals surface area contributed by atoms with Crippen molar-refractivity contribution in [3.8, 4) is 17.6 Å². The van der Waals surface area contributed by atoms with E-state index in [-0.39, 0.29) is 36.4 Å². The second-order valence-electron chi connectivity index (χ2n) is 10.6. The Balaban J connectivity index is 1.82. The van der Waals surface area contributed by atoms with E-state index in [4.69, 9.17) is 9.47 Å². The number of urea groups is 1. The number of nitrogens with one attached hydrogen (secondary N) is 1. The first-order valence-electron chi connectivity index (χ1n) is 13.6. The summed E-state index contributed by atoms with van der Waals surface area (Å²) >= 11 is 0. The van der Waals surface area contributed by atoms with Gasteiger partial charge < -0.3 is 14.8 Å². The van der Waals surface area contributed by atoms with Gasteiger partial charge in [0.05, 0.1) is 25.7 Å². The summed E-state index contributed by atoms with van der Waals surface area (Å²) in [4.78, 5) is 28.6. The van der Waals surface area contributed by atoms with Crippen molar-refractivity contribution in [1.82, 2.24) is 10.2 Å². The zero-order chi connectivity index (χ0) is 26.1. The van der Waals surface area contributed by atoms with Gasteiger partial charge in [-0.15, -0.1) is 0 Å². The lowest BCUT2D eigenvalue weighted by atomic mass is 9.69. The number of imide groups is 1. The van der Waals surface area contributed by atoms with Crippen molar-refractivity contribution in [2.45, 2.75) is 108 Å². The summed E-state index contributed by atoms with van der Waals surface area (Å²) in [5.41, 5.74) is -0.103. The number of methoxy groups -OCH3 is 2. The highest BCUT2D eigenvalue weighted by atomic mass is 16.5. The number of hydrogen-bond donors (Lipinski definition) is 1. The molecule has 0 spiro atoms. The first-order chi connectivity index (χ1) is 17.4. The van der Waals surface area contributed by atoms with E-state index in [2.05, 4.69) is 11.4 Å². The molecule has 3 amide bonds. The Morgan fingerprint density at radius 2 is 1.64 bits per heavy atom. The summed E-state index contributed by atoms with van der Waals surface area (Å²) in [6.45, 7) is 4.00. The van der Waals surface area contributed by atoms with Gasteiger partial charge in [0.1, 0.15) is 0 Å². The third-order valence-electron chi connectivity index (χ3n) is 8.18. The van der Waals surface area contributed by atoms with Crippen molar-refractivity contribution in [2.75, 3.05) is 14.2 Å². The van der Waals surface area contributed by atoms with Crippen molar-refractivity contribution in [1.29, 1.82) is 5.26 Å². The first-order valence-corrected chi connectivity index (χ1v) is 13.6. The second-order valence-corrected chi connectivity index (χ2v) is 10.6. The largest absolute Gasteiger partial charge is 0.493 e. The van der Waals surface area contributed by atoms with Crippen LogP contribution in [0.2, 0.25) is 0 Å². The average Bonchev–Trinajstić information content (AvgIpc) is 2.90. The van der Waals surface area contributed by atoms with Gasteiger partial charge >= 0.3 is 6.03 Å². The van der Waals surface area contributed by atoms with E-state index in [1.807, 2.05) is 26.0 Å². The van der Waals surface area contributed by atoms with E-state index in [9.17, 15) is 14.9 Å². The molecule has 0 aromatic heterocycles. The van der Waals surface area contributed by atoms with Crippen molar-refractivity contribution >= 4 is 11.9 Å². The van der Waals surface area contributed by atoms with Gasteiger partial charge in [-0.25, -0.2) is 4.79 Å². The molecule has 3 rings (SSSR count). The Morgan fingerprint density at radius 1 is 1.03 bits per heavy atom. The molecule has 0 saturated heterocycles. The molecular formula is C29H43N3O4. The van der Waals surface area contributed by atoms with Crippen LogP contribution in [0.25, 0.3) is 0 Å². The van der Waals surface area contributed by atoms with E-state index in [1.165, 1.54) is 11.3 Å². The standard InChI is InChI=1S/C29H43N3O4/c1-21(2)29(20-30,22-15-16-25(35-3)26(19-22)36-4)18-17-27(33)32(24-13-9-6-10-14-24)28(34)31-23-11-7-5-8-12-23/h15-16,19,21,23-24H,5-14,17-18H2,1-4H3,(H,31,34). The molecule has 36 heavy (non-hydrogen) atoms. The van der Waals surface area contributed by atoms with Crippen molar-refractivity contribution in [2.24, 2.45) is 5.92 Å². The summed E-state index contributed by atoms with van der Waals surface area (Å²) in [5, 5.41) is 13.6. The fraction of sp³-hybridized carbons (Fsp3) is 0.690. The van der Waals surface area contributed by atoms with E-state index < -0.39 is 5.41 Å². The number of nitrogens with zero attached hydrogens (tertiary/aromatic N) is 2. The predicted molar refractivity (Wildman–Crippen MR) is 140 cm³/mol. The molecule has 0 bridgehead atoms. The summed E-state index contributed by atoms with van der Waals surface area (Å²) in [5.74, 6) is 0.914. The molecule has 0 radical (unpaired) electrons. The molecule has 7 nitrogen and oxygen atoms in total. The summed E-state index contributed by atoms with van der Waals surface area (Å²) in [6, 6.07) is 7.86. The zero-order valence-electron chi connectivity index (χ0n) is 22.5. The van der Waals surface area contributed by atoms with Crippen LogP contribution in [0.4, 0.5) is 4.79 Å². The molecule has 2 fully saturated rings. The predicted octanol–water partition coefficient (Wildman–Crippen LogP) is 6.10. The van der Waals surface area contributed by atoms with Crippen LogP contribution in [-0.4, -0.2) is 43.1 Å². The fourth-order valence-electron chi connectivity index (χ4n) is 5.87. The third kappa shape index (κ3) is 6.32. The van der Waals surface area contributed by atoms with E-state index in [0.717, 1.165) is 63.4 Å². The van der Waals surface area contributed by atoms with Crippen LogP contribution in [0.15, 0.2) is 18.2 Å². The normalized spacial score (nSPS) is 18.7. The molecule has 2 saturated carbocycles. The Kier molecular flexibility index (Phi) is 10.0. The summed E-state index contributed by atoms with van der Waals surface area (Å²) in [7, 11) is 3.15. The minimum Gasteiger partial charge on any atom is -0.493 e. The zero-order valence-corrected chi connectivity index (χ0v) is 22.5. The van der Waals surface area contributed by atoms with Gasteiger partial charge in [0.15, 0.2) is 11.5 Å². The molecule has 7 heteroatoms. The maximum atomic E-state index is 13.7. The lowest BCUT2D eigenvalue weighted by molar-refractivity contribution is -0.131. The van der Waals surface area contributed by atoms with Crippen LogP contribution in [0.3, 0.4) is 0 Å². The molecule has 2 aliphatic carbocycles. The number of hydrogen-bond acceptors (Lipinski definition) is 5. The van der Waals surface area contributed by atoms with Crippen LogP contribution >= 0.6 is 0 Å². The van der Waals surface area contributed by atoms with Crippen molar-refractivity contribution in [3.05, 3.63) is 23.8 Å². The minimum absolute atomic E-state index is 0.0485. The van der Waals surface area contributed by atoms with Gasteiger partial charge in [0, 0.05) is 18.5 Å². The number of carbonyl (C=O) groups excluding carboxylic acids is 2. The molecule has 1 N–H and O–H groups in total. The highest BCUT2D eigenvalue weighted by Crippen LogP contribution is 2.41. The highest BCUT2D eigenvalue weighted by molar-refractivity contribution is 5.95. The maximum absolute atomic E-state index is 13.7. The van der Waals surface area contributed by atoms with Crippen LogP contribution in [-0.2, 0) is 10.2 Å². The lowest BCUT2D eigenvalue weighted by Gasteiger charge is -2.36. The van der Waals surface area contributed by atoms with Gasteiger partial charge in [0.2, 0.25) is 5.91 Å². The van der Waals surface area contributed by atoms with E-state index >= 15 is 0 Å². The SMILES string of the molecule is COc1ccc(C(C#N)(CCC(=O)N(C(=O)NC2CCCCC2)C2CCCCC2)C(C)C)cc1OC. The molecule has 2 aliphatic rings. The van der Waals surface area contributed by atoms with Gasteiger partial charge in [-0.2, -0.15) is 5.26 Å². The van der Waals surface area contributed by atoms with Crippen molar-refractivity contribution < 1.29 is 19.1 Å². The van der Waals surface area contributed by atoms with Crippen LogP contribution in [0.1, 0.15) is 96.5 Å². The Bertz CT molecular complexity index is 929. The Labute approximate surface area is 216 Å².